The Morgan fingerprint density at radius 3 is 2.70 bits per heavy atom. The van der Waals surface area contributed by atoms with Gasteiger partial charge in [0.2, 0.25) is 5.91 Å². The lowest BCUT2D eigenvalue weighted by Crippen LogP contribution is -2.14. The van der Waals surface area contributed by atoms with Crippen molar-refractivity contribution in [2.75, 3.05) is 11.1 Å². The van der Waals surface area contributed by atoms with Gasteiger partial charge in [0.15, 0.2) is 10.9 Å². The molecular weight excluding hydrogens is 332 g/mol. The van der Waals surface area contributed by atoms with Crippen molar-refractivity contribution in [2.24, 2.45) is 0 Å². The summed E-state index contributed by atoms with van der Waals surface area (Å²) in [6.07, 6.45) is 0. The topological polar surface area (TPSA) is 95.7 Å². The van der Waals surface area contributed by atoms with Crippen LogP contribution in [0.25, 0.3) is 0 Å². The van der Waals surface area contributed by atoms with Gasteiger partial charge in [-0.05, 0) is 26.8 Å². The molecule has 1 N–H and O–H groups in total. The Labute approximate surface area is 142 Å². The second-order valence-electron chi connectivity index (χ2n) is 4.77. The van der Waals surface area contributed by atoms with Gasteiger partial charge in [-0.25, -0.2) is 9.97 Å². The Bertz CT molecular complexity index is 808. The highest BCUT2D eigenvalue weighted by molar-refractivity contribution is 8.00. The van der Waals surface area contributed by atoms with Crippen molar-refractivity contribution in [1.29, 1.82) is 5.26 Å². The molecule has 2 rings (SSSR count). The zero-order chi connectivity index (χ0) is 17.0. The van der Waals surface area contributed by atoms with Crippen LogP contribution >= 0.6 is 23.1 Å². The molecule has 0 aliphatic rings. The number of amides is 1. The lowest BCUT2D eigenvalue weighted by molar-refractivity contribution is -0.113. The van der Waals surface area contributed by atoms with E-state index in [9.17, 15) is 14.9 Å². The summed E-state index contributed by atoms with van der Waals surface area (Å²) in [5.41, 5.74) is 2.12. The fourth-order valence-electron chi connectivity index (χ4n) is 1.83. The molecule has 0 spiro atoms. The van der Waals surface area contributed by atoms with E-state index in [1.807, 2.05) is 18.4 Å². The number of carbonyl (C=O) groups is 2. The Kier molecular flexibility index (Phi) is 5.47. The Balaban J connectivity index is 2.08. The molecule has 6 nitrogen and oxygen atoms in total. The van der Waals surface area contributed by atoms with E-state index < -0.39 is 0 Å². The summed E-state index contributed by atoms with van der Waals surface area (Å²) in [7, 11) is 0. The second-order valence-corrected chi connectivity index (χ2v) is 6.60. The summed E-state index contributed by atoms with van der Waals surface area (Å²) in [6, 6.07) is 3.54. The smallest absolute Gasteiger partial charge is 0.236 e. The molecule has 1 amide bonds. The molecule has 23 heavy (non-hydrogen) atoms. The van der Waals surface area contributed by atoms with Crippen LogP contribution in [0, 0.1) is 25.2 Å². The highest BCUT2D eigenvalue weighted by Gasteiger charge is 2.14. The molecule has 0 saturated carbocycles. The number of pyridine rings is 1. The van der Waals surface area contributed by atoms with E-state index in [0.717, 1.165) is 17.5 Å². The average molecular weight is 346 g/mol. The Hall–Kier alpha value is -2.24. The third kappa shape index (κ3) is 4.37. The molecule has 0 bridgehead atoms. The molecule has 0 aliphatic carbocycles. The second kappa shape index (κ2) is 7.35. The van der Waals surface area contributed by atoms with Crippen LogP contribution in [0.3, 0.4) is 0 Å². The quantitative estimate of drug-likeness (QED) is 0.660. The molecular formula is C15H14N4O2S2. The first-order valence-electron chi connectivity index (χ1n) is 6.68. The van der Waals surface area contributed by atoms with E-state index in [1.165, 1.54) is 24.3 Å². The van der Waals surface area contributed by atoms with E-state index in [4.69, 9.17) is 0 Å². The van der Waals surface area contributed by atoms with Gasteiger partial charge in [0.05, 0.1) is 17.0 Å². The number of hydrogen-bond acceptors (Lipinski definition) is 7. The number of ketones is 1. The maximum atomic E-state index is 11.9. The first kappa shape index (κ1) is 17.1. The van der Waals surface area contributed by atoms with Crippen LogP contribution in [0.2, 0.25) is 0 Å². The summed E-state index contributed by atoms with van der Waals surface area (Å²) in [5, 5.41) is 14.7. The molecule has 0 fully saturated rings. The summed E-state index contributed by atoms with van der Waals surface area (Å²) in [5.74, 6) is -0.248. The Morgan fingerprint density at radius 2 is 2.13 bits per heavy atom. The highest BCUT2D eigenvalue weighted by atomic mass is 32.2. The van der Waals surface area contributed by atoms with E-state index in [-0.39, 0.29) is 17.4 Å². The summed E-state index contributed by atoms with van der Waals surface area (Å²) < 4.78 is 0. The molecule has 8 heteroatoms. The van der Waals surface area contributed by atoms with E-state index >= 15 is 0 Å². The van der Waals surface area contributed by atoms with Gasteiger partial charge in [-0.3, -0.25) is 9.59 Å². The molecule has 0 saturated heterocycles. The van der Waals surface area contributed by atoms with E-state index in [1.54, 1.807) is 6.92 Å². The van der Waals surface area contributed by atoms with Crippen molar-refractivity contribution in [1.82, 2.24) is 9.97 Å². The van der Waals surface area contributed by atoms with Crippen LogP contribution in [0.4, 0.5) is 5.13 Å². The zero-order valence-electron chi connectivity index (χ0n) is 12.8. The van der Waals surface area contributed by atoms with Crippen LogP contribution in [-0.4, -0.2) is 27.4 Å². The largest absolute Gasteiger partial charge is 0.301 e. The van der Waals surface area contributed by atoms with Crippen molar-refractivity contribution in [3.05, 3.63) is 34.0 Å². The van der Waals surface area contributed by atoms with Gasteiger partial charge in [-0.15, -0.1) is 11.3 Å². The number of carbonyl (C=O) groups excluding carboxylic acids is 2. The molecule has 0 aliphatic heterocycles. The number of aromatic nitrogens is 2. The van der Waals surface area contributed by atoms with Crippen molar-refractivity contribution >= 4 is 39.9 Å². The minimum absolute atomic E-state index is 0.110. The predicted octanol–water partition coefficient (Wildman–Crippen LogP) is 2.96. The van der Waals surface area contributed by atoms with E-state index in [0.29, 0.717) is 27.0 Å². The van der Waals surface area contributed by atoms with Gasteiger partial charge in [-0.2, -0.15) is 5.26 Å². The number of hydrogen-bond donors (Lipinski definition) is 1. The van der Waals surface area contributed by atoms with Gasteiger partial charge < -0.3 is 5.32 Å². The summed E-state index contributed by atoms with van der Waals surface area (Å²) in [4.78, 5) is 31.8. The minimum Gasteiger partial charge on any atom is -0.301 e. The molecule has 0 unspecified atom stereocenters. The number of Topliss-reactive ketones (excluding diaryl/α,β-unsaturated/α-hetero) is 1. The molecule has 0 radical (unpaired) electrons. The van der Waals surface area contributed by atoms with Crippen molar-refractivity contribution in [2.45, 2.75) is 25.8 Å². The van der Waals surface area contributed by atoms with Crippen molar-refractivity contribution in [3.8, 4) is 6.07 Å². The number of aryl methyl sites for hydroxylation is 2. The monoisotopic (exact) mass is 346 g/mol. The lowest BCUT2D eigenvalue weighted by atomic mass is 10.1. The van der Waals surface area contributed by atoms with Gasteiger partial charge in [0, 0.05) is 16.6 Å². The van der Waals surface area contributed by atoms with Gasteiger partial charge >= 0.3 is 0 Å². The maximum Gasteiger partial charge on any atom is 0.236 e. The lowest BCUT2D eigenvalue weighted by Gasteiger charge is -2.07. The highest BCUT2D eigenvalue weighted by Crippen LogP contribution is 2.23. The van der Waals surface area contributed by atoms with Crippen molar-refractivity contribution < 1.29 is 9.59 Å². The zero-order valence-corrected chi connectivity index (χ0v) is 14.5. The first-order chi connectivity index (χ1) is 10.9. The third-order valence-electron chi connectivity index (χ3n) is 2.88. The van der Waals surface area contributed by atoms with Crippen LogP contribution in [0.5, 0.6) is 0 Å². The van der Waals surface area contributed by atoms with Gasteiger partial charge in [0.1, 0.15) is 11.1 Å². The summed E-state index contributed by atoms with van der Waals surface area (Å²) in [6.45, 7) is 4.99. The number of thiazole rings is 1. The van der Waals surface area contributed by atoms with Crippen LogP contribution < -0.4 is 5.32 Å². The SMILES string of the molecule is CC(=O)c1cc(C#N)c(SCC(=O)Nc2nc(C)cs2)nc1C. The fourth-order valence-corrected chi connectivity index (χ4v) is 3.34. The number of nitrogens with one attached hydrogen (secondary N) is 1. The predicted molar refractivity (Wildman–Crippen MR) is 89.9 cm³/mol. The van der Waals surface area contributed by atoms with Gasteiger partial charge in [-0.1, -0.05) is 11.8 Å². The van der Waals surface area contributed by atoms with E-state index in [2.05, 4.69) is 15.3 Å². The number of anilines is 1. The fraction of sp³-hybridized carbons (Fsp3) is 0.267. The first-order valence-corrected chi connectivity index (χ1v) is 8.54. The standard InChI is InChI=1S/C15H14N4O2S2/c1-8-6-23-15(17-8)19-13(21)7-22-14-11(5-16)4-12(10(3)20)9(2)18-14/h4,6H,7H2,1-3H3,(H,17,19,21). The normalized spacial score (nSPS) is 10.2. The average Bonchev–Trinajstić information content (AvgIpc) is 2.89. The number of rotatable bonds is 5. The minimum atomic E-state index is -0.219. The molecule has 2 aromatic heterocycles. The molecule has 2 aromatic rings. The van der Waals surface area contributed by atoms with Gasteiger partial charge in [0.25, 0.3) is 0 Å². The molecule has 0 atom stereocenters. The molecule has 2 heterocycles. The molecule has 0 aromatic carbocycles. The van der Waals surface area contributed by atoms with Crippen LogP contribution in [0.1, 0.15) is 34.2 Å². The number of thioether (sulfide) groups is 1. The summed E-state index contributed by atoms with van der Waals surface area (Å²) >= 11 is 2.52. The number of nitrogens with zero attached hydrogens (tertiary/aromatic N) is 3. The maximum absolute atomic E-state index is 11.9. The van der Waals surface area contributed by atoms with Crippen molar-refractivity contribution in [3.63, 3.8) is 0 Å². The Morgan fingerprint density at radius 1 is 1.39 bits per heavy atom. The molecule has 118 valence electrons. The number of nitriles is 1. The van der Waals surface area contributed by atoms with Crippen LogP contribution in [0.15, 0.2) is 16.5 Å². The third-order valence-corrected chi connectivity index (χ3v) is 4.75. The van der Waals surface area contributed by atoms with Crippen LogP contribution in [-0.2, 0) is 4.79 Å².